The van der Waals surface area contributed by atoms with Gasteiger partial charge in [0.1, 0.15) is 5.82 Å². The molecule has 0 radical (unpaired) electrons. The summed E-state index contributed by atoms with van der Waals surface area (Å²) in [6, 6.07) is 0.515. The second-order valence-corrected chi connectivity index (χ2v) is 4.51. The van der Waals surface area contributed by atoms with Crippen LogP contribution in [0.2, 0.25) is 0 Å². The number of H-pyrrole nitrogens is 1. The number of hydrogen-bond donors (Lipinski definition) is 2. The van der Waals surface area contributed by atoms with Gasteiger partial charge in [-0.1, -0.05) is 27.7 Å². The predicted molar refractivity (Wildman–Crippen MR) is 63.8 cm³/mol. The van der Waals surface area contributed by atoms with Crippen molar-refractivity contribution >= 4 is 0 Å². The van der Waals surface area contributed by atoms with Crippen LogP contribution in [0.15, 0.2) is 12.4 Å². The standard InChI is InChI=1S/C12H23N3/c1-5-13-11(10(4)9(2)3)8-12-14-6-7-15-12/h6-7,9-11,13H,5,8H2,1-4H3,(H,14,15). The molecule has 2 unspecified atom stereocenters. The molecule has 2 N–H and O–H groups in total. The zero-order valence-corrected chi connectivity index (χ0v) is 10.2. The molecule has 0 saturated carbocycles. The molecule has 0 spiro atoms. The van der Waals surface area contributed by atoms with E-state index in [0.717, 1.165) is 18.8 Å². The molecule has 0 aromatic carbocycles. The lowest BCUT2D eigenvalue weighted by atomic mass is 9.88. The van der Waals surface area contributed by atoms with Crippen LogP contribution in [0.1, 0.15) is 33.5 Å². The molecule has 0 aliphatic heterocycles. The maximum absolute atomic E-state index is 4.28. The number of nitrogens with zero attached hydrogens (tertiary/aromatic N) is 1. The predicted octanol–water partition coefficient (Wildman–Crippen LogP) is 2.22. The normalized spacial score (nSPS) is 15.5. The summed E-state index contributed by atoms with van der Waals surface area (Å²) in [6.45, 7) is 10.0. The van der Waals surface area contributed by atoms with Crippen molar-refractivity contribution in [1.29, 1.82) is 0 Å². The van der Waals surface area contributed by atoms with Crippen LogP contribution in [-0.4, -0.2) is 22.6 Å². The molecule has 1 aromatic heterocycles. The SMILES string of the molecule is CCNC(Cc1ncc[nH]1)C(C)C(C)C. The number of rotatable bonds is 6. The van der Waals surface area contributed by atoms with E-state index in [2.05, 4.69) is 43.0 Å². The fraction of sp³-hybridized carbons (Fsp3) is 0.750. The molecule has 1 heterocycles. The summed E-state index contributed by atoms with van der Waals surface area (Å²) in [5.74, 6) is 2.44. The third-order valence-corrected chi connectivity index (χ3v) is 3.12. The minimum atomic E-state index is 0.515. The van der Waals surface area contributed by atoms with Gasteiger partial charge in [0, 0.05) is 24.9 Å². The molecule has 0 fully saturated rings. The number of imidazole rings is 1. The summed E-state index contributed by atoms with van der Waals surface area (Å²) >= 11 is 0. The fourth-order valence-electron chi connectivity index (χ4n) is 1.79. The van der Waals surface area contributed by atoms with Gasteiger partial charge in [-0.25, -0.2) is 4.98 Å². The number of likely N-dealkylation sites (N-methyl/N-ethyl adjacent to an activating group) is 1. The monoisotopic (exact) mass is 209 g/mol. The average Bonchev–Trinajstić information content (AvgIpc) is 2.68. The van der Waals surface area contributed by atoms with E-state index in [1.165, 1.54) is 0 Å². The van der Waals surface area contributed by atoms with Gasteiger partial charge in [0.05, 0.1) is 0 Å². The minimum Gasteiger partial charge on any atom is -0.349 e. The molecule has 15 heavy (non-hydrogen) atoms. The van der Waals surface area contributed by atoms with E-state index in [1.807, 2.05) is 12.4 Å². The Morgan fingerprint density at radius 3 is 2.60 bits per heavy atom. The lowest BCUT2D eigenvalue weighted by Gasteiger charge is -2.27. The molecule has 0 aliphatic rings. The first-order chi connectivity index (χ1) is 7.15. The van der Waals surface area contributed by atoms with Crippen molar-refractivity contribution in [3.8, 4) is 0 Å². The molecule has 2 atom stereocenters. The molecule has 0 aliphatic carbocycles. The summed E-state index contributed by atoms with van der Waals surface area (Å²) in [7, 11) is 0. The van der Waals surface area contributed by atoms with E-state index in [4.69, 9.17) is 0 Å². The van der Waals surface area contributed by atoms with Crippen molar-refractivity contribution < 1.29 is 0 Å². The first kappa shape index (κ1) is 12.2. The second kappa shape index (κ2) is 5.91. The molecular weight excluding hydrogens is 186 g/mol. The first-order valence-electron chi connectivity index (χ1n) is 5.86. The number of hydrogen-bond acceptors (Lipinski definition) is 2. The van der Waals surface area contributed by atoms with Crippen LogP contribution in [0.4, 0.5) is 0 Å². The topological polar surface area (TPSA) is 40.7 Å². The summed E-state index contributed by atoms with van der Waals surface area (Å²) in [5, 5.41) is 3.54. The van der Waals surface area contributed by atoms with Gasteiger partial charge in [0.15, 0.2) is 0 Å². The first-order valence-corrected chi connectivity index (χ1v) is 5.86. The number of aromatic amines is 1. The third-order valence-electron chi connectivity index (χ3n) is 3.12. The Hall–Kier alpha value is -0.830. The smallest absolute Gasteiger partial charge is 0.107 e. The van der Waals surface area contributed by atoms with Crippen LogP contribution in [0, 0.1) is 11.8 Å². The Morgan fingerprint density at radius 2 is 2.13 bits per heavy atom. The highest BCUT2D eigenvalue weighted by Gasteiger charge is 2.20. The highest BCUT2D eigenvalue weighted by atomic mass is 14.9. The van der Waals surface area contributed by atoms with Crippen molar-refractivity contribution in [1.82, 2.24) is 15.3 Å². The van der Waals surface area contributed by atoms with Gasteiger partial charge in [-0.2, -0.15) is 0 Å². The van der Waals surface area contributed by atoms with E-state index in [9.17, 15) is 0 Å². The van der Waals surface area contributed by atoms with Crippen LogP contribution < -0.4 is 5.32 Å². The lowest BCUT2D eigenvalue weighted by molar-refractivity contribution is 0.297. The van der Waals surface area contributed by atoms with Crippen molar-refractivity contribution in [2.75, 3.05) is 6.54 Å². The summed E-state index contributed by atoms with van der Waals surface area (Å²) in [6.07, 6.45) is 4.69. The van der Waals surface area contributed by atoms with Crippen molar-refractivity contribution in [2.45, 2.75) is 40.2 Å². The van der Waals surface area contributed by atoms with Gasteiger partial charge in [-0.05, 0) is 18.4 Å². The average molecular weight is 209 g/mol. The van der Waals surface area contributed by atoms with Crippen molar-refractivity contribution in [3.05, 3.63) is 18.2 Å². The van der Waals surface area contributed by atoms with E-state index in [1.54, 1.807) is 0 Å². The molecule has 1 rings (SSSR count). The maximum atomic E-state index is 4.28. The van der Waals surface area contributed by atoms with Crippen molar-refractivity contribution in [2.24, 2.45) is 11.8 Å². The fourth-order valence-corrected chi connectivity index (χ4v) is 1.79. The van der Waals surface area contributed by atoms with E-state index >= 15 is 0 Å². The van der Waals surface area contributed by atoms with E-state index < -0.39 is 0 Å². The largest absolute Gasteiger partial charge is 0.349 e. The number of aromatic nitrogens is 2. The number of nitrogens with one attached hydrogen (secondary N) is 2. The lowest BCUT2D eigenvalue weighted by Crippen LogP contribution is -2.39. The zero-order chi connectivity index (χ0) is 11.3. The van der Waals surface area contributed by atoms with E-state index in [0.29, 0.717) is 17.9 Å². The van der Waals surface area contributed by atoms with Crippen LogP contribution in [0.5, 0.6) is 0 Å². The van der Waals surface area contributed by atoms with Crippen LogP contribution in [0.25, 0.3) is 0 Å². The molecule has 3 heteroatoms. The van der Waals surface area contributed by atoms with Crippen LogP contribution in [-0.2, 0) is 6.42 Å². The van der Waals surface area contributed by atoms with Crippen LogP contribution in [0.3, 0.4) is 0 Å². The van der Waals surface area contributed by atoms with Gasteiger partial charge in [-0.3, -0.25) is 0 Å². The van der Waals surface area contributed by atoms with Gasteiger partial charge in [0.2, 0.25) is 0 Å². The summed E-state index contributed by atoms with van der Waals surface area (Å²) in [4.78, 5) is 7.45. The van der Waals surface area contributed by atoms with Gasteiger partial charge in [-0.15, -0.1) is 0 Å². The van der Waals surface area contributed by atoms with Gasteiger partial charge in [0.25, 0.3) is 0 Å². The molecular formula is C12H23N3. The molecule has 86 valence electrons. The Kier molecular flexibility index (Phi) is 4.82. The molecule has 0 bridgehead atoms. The minimum absolute atomic E-state index is 0.515. The van der Waals surface area contributed by atoms with E-state index in [-0.39, 0.29) is 0 Å². The second-order valence-electron chi connectivity index (χ2n) is 4.51. The zero-order valence-electron chi connectivity index (χ0n) is 10.2. The third kappa shape index (κ3) is 3.67. The van der Waals surface area contributed by atoms with Crippen LogP contribution >= 0.6 is 0 Å². The quantitative estimate of drug-likeness (QED) is 0.754. The van der Waals surface area contributed by atoms with Gasteiger partial charge >= 0.3 is 0 Å². The molecule has 0 amide bonds. The highest BCUT2D eigenvalue weighted by Crippen LogP contribution is 2.16. The van der Waals surface area contributed by atoms with Crippen molar-refractivity contribution in [3.63, 3.8) is 0 Å². The maximum Gasteiger partial charge on any atom is 0.107 e. The highest BCUT2D eigenvalue weighted by molar-refractivity contribution is 4.93. The molecule has 1 aromatic rings. The Balaban J connectivity index is 2.57. The summed E-state index contributed by atoms with van der Waals surface area (Å²) in [5.41, 5.74) is 0. The molecule has 3 nitrogen and oxygen atoms in total. The molecule has 0 saturated heterocycles. The Morgan fingerprint density at radius 1 is 1.40 bits per heavy atom. The Bertz CT molecular complexity index is 254. The van der Waals surface area contributed by atoms with Gasteiger partial charge < -0.3 is 10.3 Å². The Labute approximate surface area is 92.7 Å². The summed E-state index contributed by atoms with van der Waals surface area (Å²) < 4.78 is 0.